The molecule has 2 amide bonds. The van der Waals surface area contributed by atoms with Crippen LogP contribution < -0.4 is 10.1 Å². The minimum Gasteiger partial charge on any atom is -0.493 e. The fourth-order valence-corrected chi connectivity index (χ4v) is 3.21. The Morgan fingerprint density at radius 3 is 2.66 bits per heavy atom. The van der Waals surface area contributed by atoms with Gasteiger partial charge >= 0.3 is 0 Å². The SMILES string of the molecule is CCCOc1ccc2ccccc2c1CN(C)C(=O)[C@H](C)NC(=O)c1ccco1. The first-order valence-corrected chi connectivity index (χ1v) is 9.74. The first kappa shape index (κ1) is 20.5. The van der Waals surface area contributed by atoms with Gasteiger partial charge in [-0.05, 0) is 42.3 Å². The number of hydrogen-bond donors (Lipinski definition) is 1. The Labute approximate surface area is 170 Å². The van der Waals surface area contributed by atoms with Crippen LogP contribution in [0.2, 0.25) is 0 Å². The lowest BCUT2D eigenvalue weighted by atomic mass is 10.0. The van der Waals surface area contributed by atoms with Gasteiger partial charge in [0.1, 0.15) is 11.8 Å². The molecule has 3 aromatic rings. The fourth-order valence-electron chi connectivity index (χ4n) is 3.21. The largest absolute Gasteiger partial charge is 0.493 e. The maximum atomic E-state index is 12.9. The number of nitrogens with one attached hydrogen (secondary N) is 1. The number of carbonyl (C=O) groups is 2. The van der Waals surface area contributed by atoms with Crippen molar-refractivity contribution in [3.63, 3.8) is 0 Å². The van der Waals surface area contributed by atoms with Crippen molar-refractivity contribution in [3.05, 3.63) is 66.1 Å². The third-order valence-electron chi connectivity index (χ3n) is 4.69. The molecule has 1 aromatic heterocycles. The molecule has 3 rings (SSSR count). The van der Waals surface area contributed by atoms with E-state index in [-0.39, 0.29) is 11.7 Å². The zero-order valence-electron chi connectivity index (χ0n) is 17.0. The monoisotopic (exact) mass is 394 g/mol. The van der Waals surface area contributed by atoms with Crippen molar-refractivity contribution in [1.29, 1.82) is 0 Å². The van der Waals surface area contributed by atoms with E-state index in [1.807, 2.05) is 36.4 Å². The molecule has 0 saturated heterocycles. The Morgan fingerprint density at radius 2 is 1.93 bits per heavy atom. The molecule has 0 aliphatic carbocycles. The van der Waals surface area contributed by atoms with Gasteiger partial charge in [-0.2, -0.15) is 0 Å². The third-order valence-corrected chi connectivity index (χ3v) is 4.69. The number of amides is 2. The summed E-state index contributed by atoms with van der Waals surface area (Å²) in [5.74, 6) is 0.342. The Balaban J connectivity index is 1.78. The van der Waals surface area contributed by atoms with Crippen molar-refractivity contribution in [1.82, 2.24) is 10.2 Å². The van der Waals surface area contributed by atoms with Gasteiger partial charge in [0.05, 0.1) is 12.9 Å². The van der Waals surface area contributed by atoms with Gasteiger partial charge in [0, 0.05) is 19.2 Å². The van der Waals surface area contributed by atoms with Gasteiger partial charge in [-0.1, -0.05) is 37.3 Å². The molecule has 1 heterocycles. The van der Waals surface area contributed by atoms with Crippen molar-refractivity contribution >= 4 is 22.6 Å². The summed E-state index contributed by atoms with van der Waals surface area (Å²) >= 11 is 0. The summed E-state index contributed by atoms with van der Waals surface area (Å²) in [7, 11) is 1.73. The second kappa shape index (κ2) is 9.28. The highest BCUT2D eigenvalue weighted by Gasteiger charge is 2.22. The predicted octanol–water partition coefficient (Wildman–Crippen LogP) is 4.00. The van der Waals surface area contributed by atoms with Gasteiger partial charge in [0.15, 0.2) is 5.76 Å². The molecule has 1 atom stereocenters. The Bertz CT molecular complexity index is 982. The van der Waals surface area contributed by atoms with Crippen molar-refractivity contribution in [2.75, 3.05) is 13.7 Å². The van der Waals surface area contributed by atoms with Gasteiger partial charge in [-0.3, -0.25) is 9.59 Å². The summed E-state index contributed by atoms with van der Waals surface area (Å²) in [4.78, 5) is 26.6. The second-order valence-electron chi connectivity index (χ2n) is 6.98. The van der Waals surface area contributed by atoms with Gasteiger partial charge < -0.3 is 19.4 Å². The Kier molecular flexibility index (Phi) is 6.54. The molecule has 0 fully saturated rings. The summed E-state index contributed by atoms with van der Waals surface area (Å²) in [5, 5.41) is 4.82. The van der Waals surface area contributed by atoms with Crippen LogP contribution >= 0.6 is 0 Å². The van der Waals surface area contributed by atoms with Crippen molar-refractivity contribution < 1.29 is 18.7 Å². The van der Waals surface area contributed by atoms with E-state index in [1.54, 1.807) is 31.0 Å². The average Bonchev–Trinajstić information content (AvgIpc) is 3.27. The summed E-state index contributed by atoms with van der Waals surface area (Å²) < 4.78 is 11.0. The smallest absolute Gasteiger partial charge is 0.287 e. The van der Waals surface area contributed by atoms with Crippen LogP contribution in [0.5, 0.6) is 5.75 Å². The molecule has 29 heavy (non-hydrogen) atoms. The van der Waals surface area contributed by atoms with Crippen molar-refractivity contribution in [2.45, 2.75) is 32.9 Å². The van der Waals surface area contributed by atoms with E-state index in [9.17, 15) is 9.59 Å². The highest BCUT2D eigenvalue weighted by Crippen LogP contribution is 2.29. The first-order valence-electron chi connectivity index (χ1n) is 9.74. The molecule has 0 saturated carbocycles. The molecule has 1 N–H and O–H groups in total. The number of carbonyl (C=O) groups excluding carboxylic acids is 2. The van der Waals surface area contributed by atoms with Crippen LogP contribution in [0.4, 0.5) is 0 Å². The van der Waals surface area contributed by atoms with Crippen LogP contribution in [-0.2, 0) is 11.3 Å². The summed E-state index contributed by atoms with van der Waals surface area (Å²) in [5.41, 5.74) is 0.956. The topological polar surface area (TPSA) is 71.8 Å². The second-order valence-corrected chi connectivity index (χ2v) is 6.98. The van der Waals surface area contributed by atoms with E-state index in [2.05, 4.69) is 12.2 Å². The molecule has 6 heteroatoms. The highest BCUT2D eigenvalue weighted by atomic mass is 16.5. The summed E-state index contributed by atoms with van der Waals surface area (Å²) in [6, 6.07) is 14.5. The average molecular weight is 394 g/mol. The molecule has 0 aliphatic heterocycles. The lowest BCUT2D eigenvalue weighted by Gasteiger charge is -2.24. The number of furan rings is 1. The number of nitrogens with zero attached hydrogens (tertiary/aromatic N) is 1. The molecule has 0 bridgehead atoms. The number of rotatable bonds is 8. The number of hydrogen-bond acceptors (Lipinski definition) is 4. The third kappa shape index (κ3) is 4.77. The summed E-state index contributed by atoms with van der Waals surface area (Å²) in [6.45, 7) is 4.70. The van der Waals surface area contributed by atoms with Gasteiger partial charge in [0.2, 0.25) is 5.91 Å². The zero-order valence-corrected chi connectivity index (χ0v) is 17.0. The van der Waals surface area contributed by atoms with E-state index in [4.69, 9.17) is 9.15 Å². The molecule has 6 nitrogen and oxygen atoms in total. The van der Waals surface area contributed by atoms with Crippen LogP contribution in [0, 0.1) is 0 Å². The van der Waals surface area contributed by atoms with Crippen LogP contribution in [-0.4, -0.2) is 36.4 Å². The molecular formula is C23H26N2O4. The van der Waals surface area contributed by atoms with Gasteiger partial charge in [-0.15, -0.1) is 0 Å². The first-order chi connectivity index (χ1) is 14.0. The number of likely N-dealkylation sites (N-methyl/N-ethyl adjacent to an activating group) is 1. The molecule has 0 aliphatic rings. The fraction of sp³-hybridized carbons (Fsp3) is 0.304. The molecular weight excluding hydrogens is 368 g/mol. The lowest BCUT2D eigenvalue weighted by molar-refractivity contribution is -0.132. The maximum absolute atomic E-state index is 12.9. The minimum absolute atomic E-state index is 0.177. The van der Waals surface area contributed by atoms with Crippen LogP contribution in [0.25, 0.3) is 10.8 Å². The number of fused-ring (bicyclic) bond motifs is 1. The highest BCUT2D eigenvalue weighted by molar-refractivity contribution is 5.95. The molecule has 0 unspecified atom stereocenters. The number of benzene rings is 2. The van der Waals surface area contributed by atoms with Crippen molar-refractivity contribution in [3.8, 4) is 5.75 Å². The standard InChI is InChI=1S/C23H26N2O4/c1-4-13-28-20-12-11-17-8-5-6-9-18(17)19(20)15-25(3)23(27)16(2)24-22(26)21-10-7-14-29-21/h5-12,14,16H,4,13,15H2,1-3H3,(H,24,26)/t16-/m0/s1. The normalized spacial score (nSPS) is 11.8. The summed E-state index contributed by atoms with van der Waals surface area (Å²) in [6.07, 6.45) is 2.32. The Hall–Kier alpha value is -3.28. The molecule has 0 spiro atoms. The van der Waals surface area contributed by atoms with Gasteiger partial charge in [-0.25, -0.2) is 0 Å². The van der Waals surface area contributed by atoms with E-state index < -0.39 is 11.9 Å². The predicted molar refractivity (Wildman–Crippen MR) is 112 cm³/mol. The van der Waals surface area contributed by atoms with Gasteiger partial charge in [0.25, 0.3) is 5.91 Å². The minimum atomic E-state index is -0.687. The van der Waals surface area contributed by atoms with E-state index in [1.165, 1.54) is 6.26 Å². The number of ether oxygens (including phenoxy) is 1. The van der Waals surface area contributed by atoms with E-state index in [0.717, 1.165) is 28.5 Å². The van der Waals surface area contributed by atoms with Crippen molar-refractivity contribution in [2.24, 2.45) is 0 Å². The van der Waals surface area contributed by atoms with Crippen LogP contribution in [0.15, 0.2) is 59.2 Å². The van der Waals surface area contributed by atoms with E-state index in [0.29, 0.717) is 13.2 Å². The lowest BCUT2D eigenvalue weighted by Crippen LogP contribution is -2.45. The zero-order chi connectivity index (χ0) is 20.8. The quantitative estimate of drug-likeness (QED) is 0.627. The van der Waals surface area contributed by atoms with E-state index >= 15 is 0 Å². The maximum Gasteiger partial charge on any atom is 0.287 e. The molecule has 2 aromatic carbocycles. The Morgan fingerprint density at radius 1 is 1.14 bits per heavy atom. The molecule has 152 valence electrons. The van der Waals surface area contributed by atoms with Crippen LogP contribution in [0.1, 0.15) is 36.4 Å². The molecule has 0 radical (unpaired) electrons. The van der Waals surface area contributed by atoms with Crippen LogP contribution in [0.3, 0.4) is 0 Å².